The summed E-state index contributed by atoms with van der Waals surface area (Å²) in [5, 5.41) is 4.63. The number of amides is 3. The Kier molecular flexibility index (Phi) is 5.04. The lowest BCUT2D eigenvalue weighted by Gasteiger charge is -2.23. The molecule has 0 radical (unpaired) electrons. The van der Waals surface area contributed by atoms with Crippen LogP contribution < -0.4 is 11.1 Å². The zero-order valence-electron chi connectivity index (χ0n) is 16.2. The molecule has 0 aromatic carbocycles. The van der Waals surface area contributed by atoms with Gasteiger partial charge in [-0.05, 0) is 32.1 Å². The molecular formula is C18H20F3N5O2S2. The average molecular weight is 460 g/mol. The second-order valence-corrected chi connectivity index (χ2v) is 9.65. The van der Waals surface area contributed by atoms with Gasteiger partial charge in [-0.2, -0.15) is 13.2 Å². The van der Waals surface area contributed by atoms with Crippen LogP contribution in [0.2, 0.25) is 0 Å². The van der Waals surface area contributed by atoms with E-state index in [1.54, 1.807) is 12.3 Å². The third-order valence-corrected chi connectivity index (χ3v) is 7.84. The van der Waals surface area contributed by atoms with Crippen LogP contribution in [-0.2, 0) is 10.2 Å². The molecule has 162 valence electrons. The Morgan fingerprint density at radius 1 is 1.33 bits per heavy atom. The number of carbonyl (C=O) groups is 2. The van der Waals surface area contributed by atoms with Gasteiger partial charge in [0.25, 0.3) is 0 Å². The van der Waals surface area contributed by atoms with E-state index in [0.29, 0.717) is 34.4 Å². The van der Waals surface area contributed by atoms with Gasteiger partial charge in [0.15, 0.2) is 5.13 Å². The average Bonchev–Trinajstić information content (AvgIpc) is 2.98. The lowest BCUT2D eigenvalue weighted by atomic mass is 10.0. The summed E-state index contributed by atoms with van der Waals surface area (Å²) in [7, 11) is 0. The van der Waals surface area contributed by atoms with Crippen molar-refractivity contribution >= 4 is 39.7 Å². The Hall–Kier alpha value is -2.21. The zero-order valence-corrected chi connectivity index (χ0v) is 17.9. The monoisotopic (exact) mass is 459 g/mol. The van der Waals surface area contributed by atoms with Gasteiger partial charge in [0.2, 0.25) is 5.91 Å². The third-order valence-electron chi connectivity index (χ3n) is 5.70. The van der Waals surface area contributed by atoms with Crippen LogP contribution in [-0.4, -0.2) is 45.6 Å². The molecule has 4 rings (SSSR count). The molecule has 1 aliphatic carbocycles. The Morgan fingerprint density at radius 2 is 2.03 bits per heavy atom. The predicted molar refractivity (Wildman–Crippen MR) is 107 cm³/mol. The van der Waals surface area contributed by atoms with Crippen LogP contribution in [0, 0.1) is 12.8 Å². The van der Waals surface area contributed by atoms with Crippen molar-refractivity contribution in [1.82, 2.24) is 14.9 Å². The van der Waals surface area contributed by atoms with E-state index in [9.17, 15) is 22.8 Å². The fourth-order valence-corrected chi connectivity index (χ4v) is 5.88. The van der Waals surface area contributed by atoms with Crippen molar-refractivity contribution < 1.29 is 22.8 Å². The van der Waals surface area contributed by atoms with Gasteiger partial charge in [0.1, 0.15) is 16.5 Å². The zero-order chi connectivity index (χ0) is 21.8. The Labute approximate surface area is 178 Å². The first-order valence-corrected chi connectivity index (χ1v) is 11.1. The van der Waals surface area contributed by atoms with Crippen molar-refractivity contribution in [2.24, 2.45) is 11.7 Å². The molecular weight excluding hydrogens is 439 g/mol. The number of primary amides is 1. The number of anilines is 1. The standard InChI is InChI=1S/C18H20F3N5O2S2/c1-8-3-6-26(11(8)13(22)27)16(28)25-15-23-9(2)12(30-15)10-7-29-14(24-10)17(4-5-17)18(19,20)21/h7-8,11H,3-6H2,1-2H3,(H2,22,27)(H,23,25,28). The van der Waals surface area contributed by atoms with E-state index in [0.717, 1.165) is 22.7 Å². The number of nitrogens with two attached hydrogens (primary N) is 1. The summed E-state index contributed by atoms with van der Waals surface area (Å²) in [5.41, 5.74) is 4.59. The van der Waals surface area contributed by atoms with E-state index in [-0.39, 0.29) is 23.8 Å². The minimum absolute atomic E-state index is 0.0290. The lowest BCUT2D eigenvalue weighted by molar-refractivity contribution is -0.160. The molecule has 12 heteroatoms. The highest BCUT2D eigenvalue weighted by Crippen LogP contribution is 2.59. The van der Waals surface area contributed by atoms with Crippen molar-refractivity contribution in [3.8, 4) is 10.6 Å². The van der Waals surface area contributed by atoms with Crippen molar-refractivity contribution in [3.63, 3.8) is 0 Å². The number of aryl methyl sites for hydroxylation is 1. The maximum absolute atomic E-state index is 13.4. The summed E-state index contributed by atoms with van der Waals surface area (Å²) in [6, 6.07) is -1.15. The van der Waals surface area contributed by atoms with Gasteiger partial charge in [-0.25, -0.2) is 14.8 Å². The van der Waals surface area contributed by atoms with E-state index in [1.165, 1.54) is 4.90 Å². The number of nitrogens with one attached hydrogen (secondary N) is 1. The second-order valence-electron chi connectivity index (χ2n) is 7.79. The molecule has 3 heterocycles. The number of rotatable bonds is 4. The van der Waals surface area contributed by atoms with Gasteiger partial charge in [0.05, 0.1) is 16.3 Å². The van der Waals surface area contributed by atoms with Crippen LogP contribution in [0.3, 0.4) is 0 Å². The number of hydrogen-bond acceptors (Lipinski definition) is 6. The number of likely N-dealkylation sites (tertiary alicyclic amines) is 1. The first-order valence-electron chi connectivity index (χ1n) is 9.41. The van der Waals surface area contributed by atoms with Gasteiger partial charge >= 0.3 is 12.2 Å². The van der Waals surface area contributed by atoms with E-state index in [2.05, 4.69) is 15.3 Å². The van der Waals surface area contributed by atoms with Crippen LogP contribution >= 0.6 is 22.7 Å². The van der Waals surface area contributed by atoms with Crippen molar-refractivity contribution in [2.45, 2.75) is 50.7 Å². The number of carbonyl (C=O) groups excluding carboxylic acids is 2. The summed E-state index contributed by atoms with van der Waals surface area (Å²) in [6.07, 6.45) is -3.52. The molecule has 1 saturated carbocycles. The van der Waals surface area contributed by atoms with Crippen LogP contribution in [0.4, 0.5) is 23.1 Å². The van der Waals surface area contributed by atoms with E-state index >= 15 is 0 Å². The number of nitrogens with zero attached hydrogens (tertiary/aromatic N) is 3. The van der Waals surface area contributed by atoms with Crippen molar-refractivity contribution in [3.05, 3.63) is 16.1 Å². The number of aromatic nitrogens is 2. The minimum Gasteiger partial charge on any atom is -0.368 e. The topological polar surface area (TPSA) is 101 Å². The Bertz CT molecular complexity index is 998. The molecule has 2 fully saturated rings. The summed E-state index contributed by atoms with van der Waals surface area (Å²) in [6.45, 7) is 3.98. The molecule has 2 aromatic heterocycles. The predicted octanol–water partition coefficient (Wildman–Crippen LogP) is 3.90. The first kappa shape index (κ1) is 21.0. The summed E-state index contributed by atoms with van der Waals surface area (Å²) in [5.74, 6) is -0.585. The summed E-state index contributed by atoms with van der Waals surface area (Å²) in [4.78, 5) is 34.9. The molecule has 0 bridgehead atoms. The Balaban J connectivity index is 1.52. The smallest absolute Gasteiger partial charge is 0.368 e. The highest BCUT2D eigenvalue weighted by Gasteiger charge is 2.66. The SMILES string of the molecule is Cc1nc(NC(=O)N2CCC(C)C2C(N)=O)sc1-c1csc(C2(C(F)(F)F)CC2)n1. The minimum atomic E-state index is -4.31. The molecule has 30 heavy (non-hydrogen) atoms. The Morgan fingerprint density at radius 3 is 2.63 bits per heavy atom. The molecule has 2 aromatic rings. The van der Waals surface area contributed by atoms with Gasteiger partial charge in [-0.3, -0.25) is 10.1 Å². The maximum Gasteiger partial charge on any atom is 0.400 e. The summed E-state index contributed by atoms with van der Waals surface area (Å²) >= 11 is 2.14. The van der Waals surface area contributed by atoms with Crippen molar-refractivity contribution in [2.75, 3.05) is 11.9 Å². The molecule has 1 aliphatic heterocycles. The van der Waals surface area contributed by atoms with E-state index in [4.69, 9.17) is 5.73 Å². The number of hydrogen-bond donors (Lipinski definition) is 2. The number of urea groups is 1. The summed E-state index contributed by atoms with van der Waals surface area (Å²) < 4.78 is 40.1. The number of alkyl halides is 3. The molecule has 3 amide bonds. The van der Waals surface area contributed by atoms with Gasteiger partial charge < -0.3 is 10.6 Å². The van der Waals surface area contributed by atoms with Crippen molar-refractivity contribution in [1.29, 1.82) is 0 Å². The lowest BCUT2D eigenvalue weighted by Crippen LogP contribution is -2.47. The highest BCUT2D eigenvalue weighted by atomic mass is 32.1. The molecule has 0 spiro atoms. The second kappa shape index (κ2) is 7.19. The molecule has 2 aliphatic rings. The van der Waals surface area contributed by atoms with Crippen LogP contribution in [0.5, 0.6) is 0 Å². The fourth-order valence-electron chi connectivity index (χ4n) is 3.80. The first-order chi connectivity index (χ1) is 14.0. The van der Waals surface area contributed by atoms with Crippen LogP contribution in [0.25, 0.3) is 10.6 Å². The normalized spacial score (nSPS) is 22.9. The third kappa shape index (κ3) is 3.45. The molecule has 2 unspecified atom stereocenters. The van der Waals surface area contributed by atoms with Crippen LogP contribution in [0.15, 0.2) is 5.38 Å². The van der Waals surface area contributed by atoms with E-state index < -0.39 is 29.6 Å². The molecule has 2 atom stereocenters. The largest absolute Gasteiger partial charge is 0.400 e. The number of thiazole rings is 2. The molecule has 3 N–H and O–H groups in total. The molecule has 7 nitrogen and oxygen atoms in total. The fraction of sp³-hybridized carbons (Fsp3) is 0.556. The van der Waals surface area contributed by atoms with Gasteiger partial charge in [-0.1, -0.05) is 18.3 Å². The van der Waals surface area contributed by atoms with Gasteiger partial charge in [0, 0.05) is 11.9 Å². The van der Waals surface area contributed by atoms with Gasteiger partial charge in [-0.15, -0.1) is 11.3 Å². The van der Waals surface area contributed by atoms with E-state index in [1.807, 2.05) is 6.92 Å². The highest BCUT2D eigenvalue weighted by molar-refractivity contribution is 7.19. The number of halogens is 3. The van der Waals surface area contributed by atoms with Crippen LogP contribution in [0.1, 0.15) is 36.9 Å². The maximum atomic E-state index is 13.4. The molecule has 1 saturated heterocycles. The quantitative estimate of drug-likeness (QED) is 0.724.